The van der Waals surface area contributed by atoms with Crippen molar-refractivity contribution < 1.29 is 14.6 Å². The number of nitrogens with one attached hydrogen (secondary N) is 2. The van der Waals surface area contributed by atoms with Crippen LogP contribution in [-0.2, 0) is 22.4 Å². The van der Waals surface area contributed by atoms with Gasteiger partial charge in [0.1, 0.15) is 0 Å². The molecule has 0 saturated carbocycles. The minimum Gasteiger partial charge on any atom is -0.469 e. The molecule has 0 spiro atoms. The van der Waals surface area contributed by atoms with Gasteiger partial charge in [0, 0.05) is 74.8 Å². The minimum absolute atomic E-state index is 0.00715. The van der Waals surface area contributed by atoms with Crippen LogP contribution in [0.4, 0.5) is 0 Å². The molecule has 7 heteroatoms. The number of rotatable bonds is 5. The lowest BCUT2D eigenvalue weighted by molar-refractivity contribution is -0.140. The zero-order chi connectivity index (χ0) is 30.1. The van der Waals surface area contributed by atoms with Gasteiger partial charge in [0.25, 0.3) is 0 Å². The van der Waals surface area contributed by atoms with E-state index >= 15 is 0 Å². The fourth-order valence-electron chi connectivity index (χ4n) is 7.30. The summed E-state index contributed by atoms with van der Waals surface area (Å²) in [4.78, 5) is 29.9. The summed E-state index contributed by atoms with van der Waals surface area (Å²) < 4.78 is 4.99. The lowest BCUT2D eigenvalue weighted by atomic mass is 9.85. The van der Waals surface area contributed by atoms with Crippen LogP contribution < -0.4 is 0 Å². The van der Waals surface area contributed by atoms with E-state index in [1.807, 2.05) is 13.0 Å². The Morgan fingerprint density at radius 1 is 1.12 bits per heavy atom. The van der Waals surface area contributed by atoms with Crippen molar-refractivity contribution in [2.75, 3.05) is 7.11 Å². The number of fused-ring (bicyclic) bond motifs is 8. The number of aryl methyl sites for hydroxylation is 3. The summed E-state index contributed by atoms with van der Waals surface area (Å²) >= 11 is 0. The van der Waals surface area contributed by atoms with E-state index in [1.54, 1.807) is 0 Å². The number of carbonyl (C=O) groups is 1. The van der Waals surface area contributed by atoms with Gasteiger partial charge in [0.05, 0.1) is 24.1 Å². The third-order valence-corrected chi connectivity index (χ3v) is 9.68. The summed E-state index contributed by atoms with van der Waals surface area (Å²) in [6.07, 6.45) is 4.13. The molecule has 0 radical (unpaired) electrons. The van der Waals surface area contributed by atoms with Crippen LogP contribution in [0, 0.1) is 13.8 Å². The molecule has 2 aliphatic heterocycles. The molecule has 8 bridgehead atoms. The number of allylic oxidation sites excluding steroid dienone is 1. The van der Waals surface area contributed by atoms with Gasteiger partial charge in [-0.2, -0.15) is 0 Å². The third kappa shape index (κ3) is 4.25. The van der Waals surface area contributed by atoms with Gasteiger partial charge >= 0.3 is 5.97 Å². The van der Waals surface area contributed by atoms with Gasteiger partial charge < -0.3 is 19.8 Å². The van der Waals surface area contributed by atoms with E-state index in [4.69, 9.17) is 14.7 Å². The van der Waals surface area contributed by atoms with Crippen LogP contribution in [0.25, 0.3) is 39.3 Å². The van der Waals surface area contributed by atoms with Gasteiger partial charge in [-0.15, -0.1) is 0 Å². The lowest BCUT2D eigenvalue weighted by Gasteiger charge is -2.19. The molecule has 218 valence electrons. The van der Waals surface area contributed by atoms with E-state index in [1.165, 1.54) is 18.2 Å². The standard InChI is InChI=1S/C35H40N4O3/c1-9-21-17(3)25-13-27-19(5)23(11-12-31(40)42-8)33(38-27)24-16-35(7,41)32-20(6)28(39-34(24)32)15-30-22(10-2)18(4)26(37-30)14-29(21)36-25/h9,13-15,19,23,36-37,41H,1,10-12,16H2,2-8H3/t19-,23-,35+/m0/s1. The second-order valence-corrected chi connectivity index (χ2v) is 12.2. The van der Waals surface area contributed by atoms with Crippen molar-refractivity contribution in [3.63, 3.8) is 0 Å². The Labute approximate surface area is 246 Å². The van der Waals surface area contributed by atoms with Crippen LogP contribution >= 0.6 is 0 Å². The van der Waals surface area contributed by atoms with Crippen LogP contribution in [-0.4, -0.2) is 43.7 Å². The zero-order valence-corrected chi connectivity index (χ0v) is 25.7. The average molecular weight is 565 g/mol. The average Bonchev–Trinajstić information content (AvgIpc) is 3.69. The van der Waals surface area contributed by atoms with Gasteiger partial charge in [-0.1, -0.05) is 26.5 Å². The summed E-state index contributed by atoms with van der Waals surface area (Å²) in [5.74, 6) is -0.178. The highest BCUT2D eigenvalue weighted by Gasteiger charge is 2.44. The highest BCUT2D eigenvalue weighted by molar-refractivity contribution is 5.98. The molecule has 0 amide bonds. The number of carbonyl (C=O) groups excluding carboxylic acids is 1. The number of hydrogen-bond acceptors (Lipinski definition) is 5. The Morgan fingerprint density at radius 2 is 1.83 bits per heavy atom. The predicted molar refractivity (Wildman–Crippen MR) is 169 cm³/mol. The summed E-state index contributed by atoms with van der Waals surface area (Å²) in [5.41, 5.74) is 14.0. The number of nitrogens with zero attached hydrogens (tertiary/aromatic N) is 2. The SMILES string of the molecule is C=Cc1c(C)c2cc3nc(c4c5nc(cc6[nH]c(cc1[nH]2)c(C)c6CC)C(C)=C5[C@](C)(O)C4)[C@@H](CCC(=O)OC)[C@@H]3C. The number of hydrogen-bond donors (Lipinski definition) is 3. The van der Waals surface area contributed by atoms with Crippen molar-refractivity contribution in [3.8, 4) is 0 Å². The van der Waals surface area contributed by atoms with Crippen LogP contribution in [0.15, 0.2) is 24.8 Å². The summed E-state index contributed by atoms with van der Waals surface area (Å²) in [5, 5.41) is 11.7. The number of ether oxygens (including phenoxy) is 1. The first-order valence-corrected chi connectivity index (χ1v) is 14.9. The first-order valence-electron chi connectivity index (χ1n) is 14.9. The van der Waals surface area contributed by atoms with Gasteiger partial charge in [-0.3, -0.25) is 9.78 Å². The maximum Gasteiger partial charge on any atom is 0.305 e. The molecule has 3 aromatic heterocycles. The number of aliphatic hydroxyl groups is 1. The molecule has 7 nitrogen and oxygen atoms in total. The van der Waals surface area contributed by atoms with Crippen molar-refractivity contribution in [3.05, 3.63) is 75.4 Å². The molecular formula is C35H40N4O3. The van der Waals surface area contributed by atoms with Crippen LogP contribution in [0.5, 0.6) is 0 Å². The van der Waals surface area contributed by atoms with Gasteiger partial charge in [0.15, 0.2) is 0 Å². The number of H-pyrrole nitrogens is 2. The van der Waals surface area contributed by atoms with Gasteiger partial charge in [-0.05, 0) is 81.0 Å². The van der Waals surface area contributed by atoms with Crippen molar-refractivity contribution in [1.82, 2.24) is 19.9 Å². The fourth-order valence-corrected chi connectivity index (χ4v) is 7.30. The fraction of sp³-hybridized carbons (Fsp3) is 0.400. The Hall–Kier alpha value is -3.97. The molecule has 3 aliphatic rings. The normalized spacial score (nSPS) is 21.2. The van der Waals surface area contributed by atoms with Gasteiger partial charge in [-0.25, -0.2) is 4.98 Å². The molecule has 1 aliphatic carbocycles. The molecule has 5 heterocycles. The largest absolute Gasteiger partial charge is 0.469 e. The molecule has 3 atom stereocenters. The Balaban J connectivity index is 1.76. The smallest absolute Gasteiger partial charge is 0.305 e. The monoisotopic (exact) mass is 564 g/mol. The maximum atomic E-state index is 12.2. The topological polar surface area (TPSA) is 104 Å². The van der Waals surface area contributed by atoms with Crippen LogP contribution in [0.2, 0.25) is 0 Å². The molecule has 3 N–H and O–H groups in total. The van der Waals surface area contributed by atoms with E-state index in [2.05, 4.69) is 69.4 Å². The predicted octanol–water partition coefficient (Wildman–Crippen LogP) is 7.22. The number of aromatic nitrogens is 4. The lowest BCUT2D eigenvalue weighted by Crippen LogP contribution is -2.23. The van der Waals surface area contributed by atoms with Gasteiger partial charge in [0.2, 0.25) is 0 Å². The van der Waals surface area contributed by atoms with Crippen molar-refractivity contribution in [1.29, 1.82) is 0 Å². The molecule has 0 fully saturated rings. The molecule has 6 rings (SSSR count). The molecule has 0 aromatic carbocycles. The highest BCUT2D eigenvalue weighted by Crippen LogP contribution is 2.50. The second-order valence-electron chi connectivity index (χ2n) is 12.2. The Kier molecular flexibility index (Phi) is 6.76. The van der Waals surface area contributed by atoms with E-state index in [0.717, 1.165) is 79.1 Å². The molecule has 42 heavy (non-hydrogen) atoms. The zero-order valence-electron chi connectivity index (χ0n) is 25.7. The molecular weight excluding hydrogens is 524 g/mol. The minimum atomic E-state index is -1.06. The Morgan fingerprint density at radius 3 is 2.52 bits per heavy atom. The molecule has 0 unspecified atom stereocenters. The Bertz CT molecular complexity index is 1850. The first-order chi connectivity index (χ1) is 20.0. The first kappa shape index (κ1) is 28.2. The molecule has 3 aromatic rings. The van der Waals surface area contributed by atoms with E-state index < -0.39 is 5.60 Å². The van der Waals surface area contributed by atoms with Crippen molar-refractivity contribution >= 4 is 45.3 Å². The summed E-state index contributed by atoms with van der Waals surface area (Å²) in [6.45, 7) is 16.6. The summed E-state index contributed by atoms with van der Waals surface area (Å²) in [7, 11) is 1.43. The van der Waals surface area contributed by atoms with E-state index in [0.29, 0.717) is 19.3 Å². The van der Waals surface area contributed by atoms with Crippen LogP contribution in [0.3, 0.4) is 0 Å². The number of esters is 1. The molecule has 0 saturated heterocycles. The maximum absolute atomic E-state index is 12.2. The number of aromatic amines is 2. The van der Waals surface area contributed by atoms with Crippen LogP contribution in [0.1, 0.15) is 103 Å². The van der Waals surface area contributed by atoms with E-state index in [9.17, 15) is 9.90 Å². The summed E-state index contributed by atoms with van der Waals surface area (Å²) in [6, 6.07) is 6.42. The van der Waals surface area contributed by atoms with Crippen molar-refractivity contribution in [2.24, 2.45) is 0 Å². The van der Waals surface area contributed by atoms with Crippen molar-refractivity contribution in [2.45, 2.75) is 84.7 Å². The van der Waals surface area contributed by atoms with E-state index in [-0.39, 0.29) is 17.8 Å². The second kappa shape index (κ2) is 10.1. The third-order valence-electron chi connectivity index (χ3n) is 9.68. The highest BCUT2D eigenvalue weighted by atomic mass is 16.5. The number of methoxy groups -OCH3 is 1. The quantitative estimate of drug-likeness (QED) is 0.284.